The van der Waals surface area contributed by atoms with Gasteiger partial charge in [0.05, 0.1) is 0 Å². The van der Waals surface area contributed by atoms with Gasteiger partial charge in [-0.2, -0.15) is 0 Å². The van der Waals surface area contributed by atoms with E-state index in [4.69, 9.17) is 15.9 Å². The number of carbonyl (C=O) groups is 3. The number of carbonyl (C=O) groups excluding carboxylic acids is 2. The summed E-state index contributed by atoms with van der Waals surface area (Å²) in [5, 5.41) is 16.5. The Bertz CT molecular complexity index is 1100. The largest absolute Gasteiger partial charge is 0.480 e. The number of benzene rings is 1. The first kappa shape index (κ1) is 27.3. The zero-order valence-corrected chi connectivity index (χ0v) is 20.4. The number of rotatable bonds is 10. The van der Waals surface area contributed by atoms with E-state index in [-0.39, 0.29) is 46.9 Å². The van der Waals surface area contributed by atoms with Crippen molar-refractivity contribution in [2.45, 2.75) is 33.1 Å². The number of nitrogens with one attached hydrogen (secondary N) is 1. The number of thiophene rings is 1. The average molecular weight is 512 g/mol. The van der Waals surface area contributed by atoms with E-state index in [0.717, 1.165) is 35.1 Å². The highest BCUT2D eigenvalue weighted by Gasteiger charge is 2.36. The minimum Gasteiger partial charge on any atom is -0.480 e. The molecule has 0 unspecified atom stereocenters. The van der Waals surface area contributed by atoms with E-state index in [9.17, 15) is 23.9 Å². The summed E-state index contributed by atoms with van der Waals surface area (Å²) in [5.74, 6) is -3.07. The Morgan fingerprint density at radius 2 is 1.94 bits per heavy atom. The molecule has 11 heteroatoms. The van der Waals surface area contributed by atoms with Crippen molar-refractivity contribution in [1.29, 1.82) is 5.41 Å². The van der Waals surface area contributed by atoms with Crippen LogP contribution in [0.5, 0.6) is 5.75 Å². The van der Waals surface area contributed by atoms with E-state index in [0.29, 0.717) is 18.9 Å². The standard InChI is InChI=1S/C23H26FN3O5S.ClH/c1-23(2,22(31)27(12-19(28)29)11-13-3-4-13)10-15-6-8-18(33-15)21(30)32-17-7-5-14(20(25)26)9-16(17)24;/h5-9,13H,3-4,10-12H2,1-2H3,(H3,25,26)(H,28,29);1H. The third kappa shape index (κ3) is 7.01. The molecule has 34 heavy (non-hydrogen) atoms. The molecule has 1 aromatic heterocycles. The van der Waals surface area contributed by atoms with Crippen molar-refractivity contribution in [2.24, 2.45) is 17.1 Å². The van der Waals surface area contributed by atoms with Crippen molar-refractivity contribution < 1.29 is 28.6 Å². The van der Waals surface area contributed by atoms with Gasteiger partial charge in [0.1, 0.15) is 17.3 Å². The molecule has 1 amide bonds. The number of carboxylic acids is 1. The van der Waals surface area contributed by atoms with Crippen LogP contribution < -0.4 is 10.5 Å². The van der Waals surface area contributed by atoms with E-state index >= 15 is 0 Å². The lowest BCUT2D eigenvalue weighted by Gasteiger charge is -2.31. The fraction of sp³-hybridized carbons (Fsp3) is 0.391. The summed E-state index contributed by atoms with van der Waals surface area (Å²) in [6.07, 6.45) is 2.31. The number of amides is 1. The Labute approximate surface area is 206 Å². The quantitative estimate of drug-likeness (QED) is 0.193. The molecule has 1 heterocycles. The summed E-state index contributed by atoms with van der Waals surface area (Å²) in [4.78, 5) is 39.1. The highest BCUT2D eigenvalue weighted by Crippen LogP contribution is 2.33. The van der Waals surface area contributed by atoms with Crippen molar-refractivity contribution in [1.82, 2.24) is 4.90 Å². The third-order valence-corrected chi connectivity index (χ3v) is 6.36. The Morgan fingerprint density at radius 3 is 2.50 bits per heavy atom. The van der Waals surface area contributed by atoms with Crippen LogP contribution >= 0.6 is 23.7 Å². The van der Waals surface area contributed by atoms with Crippen molar-refractivity contribution >= 4 is 47.4 Å². The molecule has 2 aromatic rings. The maximum atomic E-state index is 14.2. The summed E-state index contributed by atoms with van der Waals surface area (Å²) in [6.45, 7) is 3.60. The van der Waals surface area contributed by atoms with Gasteiger partial charge in [-0.05, 0) is 55.5 Å². The molecule has 1 aliphatic carbocycles. The molecule has 4 N–H and O–H groups in total. The fourth-order valence-electron chi connectivity index (χ4n) is 3.42. The molecule has 0 atom stereocenters. The van der Waals surface area contributed by atoms with Crippen LogP contribution in [-0.2, 0) is 16.0 Å². The fourth-order valence-corrected chi connectivity index (χ4v) is 4.53. The second-order valence-electron chi connectivity index (χ2n) is 8.80. The maximum absolute atomic E-state index is 14.2. The number of hydrogen-bond acceptors (Lipinski definition) is 6. The molecule has 0 saturated heterocycles. The molecule has 0 bridgehead atoms. The van der Waals surface area contributed by atoms with Gasteiger partial charge in [-0.3, -0.25) is 15.0 Å². The first-order valence-electron chi connectivity index (χ1n) is 10.4. The molecule has 3 rings (SSSR count). The molecule has 1 fully saturated rings. The number of aliphatic carboxylic acids is 1. The number of carboxylic acid groups (broad SMARTS) is 1. The number of halogens is 2. The van der Waals surface area contributed by atoms with Gasteiger partial charge in [0, 0.05) is 22.4 Å². The van der Waals surface area contributed by atoms with E-state index in [1.807, 2.05) is 0 Å². The molecule has 1 aliphatic rings. The molecule has 184 valence electrons. The topological polar surface area (TPSA) is 134 Å². The van der Waals surface area contributed by atoms with Gasteiger partial charge < -0.3 is 20.5 Å². The minimum atomic E-state index is -1.05. The lowest BCUT2D eigenvalue weighted by molar-refractivity contribution is -0.149. The highest BCUT2D eigenvalue weighted by molar-refractivity contribution is 7.14. The molecule has 1 aromatic carbocycles. The normalized spacial score (nSPS) is 13.0. The van der Waals surface area contributed by atoms with Crippen molar-refractivity contribution in [2.75, 3.05) is 13.1 Å². The zero-order chi connectivity index (χ0) is 24.3. The Balaban J connectivity index is 0.00000408. The predicted molar refractivity (Wildman–Crippen MR) is 128 cm³/mol. The Hall–Kier alpha value is -2.98. The molecule has 1 saturated carbocycles. The molecular weight excluding hydrogens is 485 g/mol. The second-order valence-corrected chi connectivity index (χ2v) is 9.97. The monoisotopic (exact) mass is 511 g/mol. The van der Waals surface area contributed by atoms with Gasteiger partial charge in [-0.15, -0.1) is 23.7 Å². The van der Waals surface area contributed by atoms with Crippen LogP contribution in [-0.4, -0.2) is 46.8 Å². The average Bonchev–Trinajstić information content (AvgIpc) is 3.42. The van der Waals surface area contributed by atoms with Crippen LogP contribution in [0.1, 0.15) is 46.8 Å². The number of esters is 1. The van der Waals surface area contributed by atoms with E-state index in [1.165, 1.54) is 17.0 Å². The van der Waals surface area contributed by atoms with Gasteiger partial charge in [0.25, 0.3) is 0 Å². The highest BCUT2D eigenvalue weighted by atomic mass is 35.5. The summed E-state index contributed by atoms with van der Waals surface area (Å²) in [6, 6.07) is 6.88. The molecule has 8 nitrogen and oxygen atoms in total. The first-order chi connectivity index (χ1) is 15.5. The third-order valence-electron chi connectivity index (χ3n) is 5.29. The first-order valence-corrected chi connectivity index (χ1v) is 11.2. The predicted octanol–water partition coefficient (Wildman–Crippen LogP) is 3.70. The minimum absolute atomic E-state index is 0. The van der Waals surface area contributed by atoms with Gasteiger partial charge in [-0.1, -0.05) is 13.8 Å². The summed E-state index contributed by atoms with van der Waals surface area (Å²) in [7, 11) is 0. The number of hydrogen-bond donors (Lipinski definition) is 3. The summed E-state index contributed by atoms with van der Waals surface area (Å²) >= 11 is 1.13. The lowest BCUT2D eigenvalue weighted by atomic mass is 9.86. The lowest BCUT2D eigenvalue weighted by Crippen LogP contribution is -2.45. The van der Waals surface area contributed by atoms with Crippen molar-refractivity contribution in [3.63, 3.8) is 0 Å². The van der Waals surface area contributed by atoms with E-state index in [1.54, 1.807) is 26.0 Å². The van der Waals surface area contributed by atoms with Crippen LogP contribution in [0.3, 0.4) is 0 Å². The van der Waals surface area contributed by atoms with Crippen LogP contribution in [0.2, 0.25) is 0 Å². The number of nitrogen functional groups attached to an aromatic ring is 1. The summed E-state index contributed by atoms with van der Waals surface area (Å²) in [5.41, 5.74) is 4.63. The summed E-state index contributed by atoms with van der Waals surface area (Å²) < 4.78 is 19.3. The van der Waals surface area contributed by atoms with Crippen LogP contribution in [0.25, 0.3) is 0 Å². The Morgan fingerprint density at radius 1 is 1.26 bits per heavy atom. The Kier molecular flexibility index (Phi) is 8.79. The smallest absolute Gasteiger partial charge is 0.353 e. The van der Waals surface area contributed by atoms with Gasteiger partial charge in [0.15, 0.2) is 11.6 Å². The number of ether oxygens (including phenoxy) is 1. The second kappa shape index (κ2) is 11.0. The molecular formula is C23H27ClFN3O5S. The van der Waals surface area contributed by atoms with Crippen LogP contribution in [0.15, 0.2) is 30.3 Å². The van der Waals surface area contributed by atoms with Crippen LogP contribution in [0.4, 0.5) is 4.39 Å². The van der Waals surface area contributed by atoms with Gasteiger partial charge in [0.2, 0.25) is 5.91 Å². The molecule has 0 radical (unpaired) electrons. The van der Waals surface area contributed by atoms with Crippen molar-refractivity contribution in [3.8, 4) is 5.75 Å². The van der Waals surface area contributed by atoms with Crippen LogP contribution in [0, 0.1) is 22.6 Å². The molecule has 0 spiro atoms. The van der Waals surface area contributed by atoms with E-state index in [2.05, 4.69) is 0 Å². The maximum Gasteiger partial charge on any atom is 0.353 e. The SMILES string of the molecule is CC(C)(Cc1ccc(C(=O)Oc2ccc(C(=N)N)cc2F)s1)C(=O)N(CC(=O)O)CC1CC1.Cl. The zero-order valence-electron chi connectivity index (χ0n) is 18.8. The van der Waals surface area contributed by atoms with Crippen molar-refractivity contribution in [3.05, 3.63) is 51.5 Å². The van der Waals surface area contributed by atoms with Gasteiger partial charge >= 0.3 is 11.9 Å². The van der Waals surface area contributed by atoms with E-state index < -0.39 is 23.2 Å². The number of nitrogens with zero attached hydrogens (tertiary/aromatic N) is 1. The van der Waals surface area contributed by atoms with Gasteiger partial charge in [-0.25, -0.2) is 9.18 Å². The number of nitrogens with two attached hydrogens (primary N) is 1. The molecule has 0 aliphatic heterocycles. The number of amidine groups is 1.